The lowest BCUT2D eigenvalue weighted by Gasteiger charge is -2.32. The number of hydrogen-bond acceptors (Lipinski definition) is 5. The number of pyridine rings is 2. The largest absolute Gasteiger partial charge is 0.286 e. The molecule has 7 nitrogen and oxygen atoms in total. The van der Waals surface area contributed by atoms with E-state index in [-0.39, 0.29) is 17.9 Å². The third-order valence-electron chi connectivity index (χ3n) is 7.08. The van der Waals surface area contributed by atoms with Gasteiger partial charge in [0.05, 0.1) is 12.6 Å². The molecule has 0 spiro atoms. The number of hydrogen-bond donors (Lipinski definition) is 0. The fourth-order valence-electron chi connectivity index (χ4n) is 5.24. The Labute approximate surface area is 188 Å². The van der Waals surface area contributed by atoms with Gasteiger partial charge in [0, 0.05) is 30.4 Å². The first-order chi connectivity index (χ1) is 15.5. The second-order valence-corrected chi connectivity index (χ2v) is 9.43. The van der Waals surface area contributed by atoms with E-state index < -0.39 is 0 Å². The van der Waals surface area contributed by atoms with E-state index in [1.54, 1.807) is 5.06 Å². The molecule has 1 aliphatic heterocycles. The van der Waals surface area contributed by atoms with Gasteiger partial charge in [0.2, 0.25) is 5.91 Å². The number of aryl methyl sites for hydroxylation is 3. The summed E-state index contributed by atoms with van der Waals surface area (Å²) in [6.45, 7) is 6.64. The molecule has 3 aromatic heterocycles. The zero-order valence-electron chi connectivity index (χ0n) is 19.1. The lowest BCUT2D eigenvalue weighted by Crippen LogP contribution is -2.36. The molecule has 2 fully saturated rings. The SMILES string of the molecule is Cc1ccc([C@@H]2CCON2C(=O)[C@H]2CC[C@H](Cc3cc(C)c4nnc(C)n4c3)CC2)cn1. The molecule has 7 heteroatoms. The number of nitrogens with zero attached hydrogens (tertiary/aromatic N) is 5. The summed E-state index contributed by atoms with van der Waals surface area (Å²) in [6.07, 6.45) is 9.90. The molecule has 0 unspecified atom stereocenters. The molecule has 168 valence electrons. The van der Waals surface area contributed by atoms with Crippen LogP contribution in [0.2, 0.25) is 0 Å². The third kappa shape index (κ3) is 4.01. The molecule has 4 heterocycles. The Kier molecular flexibility index (Phi) is 5.67. The van der Waals surface area contributed by atoms with Gasteiger partial charge in [-0.2, -0.15) is 0 Å². The lowest BCUT2D eigenvalue weighted by molar-refractivity contribution is -0.183. The summed E-state index contributed by atoms with van der Waals surface area (Å²) in [7, 11) is 0. The molecule has 1 saturated carbocycles. The van der Waals surface area contributed by atoms with E-state index in [9.17, 15) is 4.79 Å². The standard InChI is InChI=1S/C25H31N5O2/c1-16-12-20(15-29-18(3)27-28-24(16)29)13-19-5-8-21(9-6-19)25(31)30-23(10-11-32-30)22-7-4-17(2)26-14-22/h4,7,12,14-15,19,21,23H,5-6,8-11,13H2,1-3H3/t19-,21-,23-/m0/s1. The van der Waals surface area contributed by atoms with Gasteiger partial charge in [-0.1, -0.05) is 12.1 Å². The molecule has 0 radical (unpaired) electrons. The van der Waals surface area contributed by atoms with Crippen LogP contribution in [-0.4, -0.2) is 37.2 Å². The van der Waals surface area contributed by atoms with E-state index in [1.165, 1.54) is 5.56 Å². The van der Waals surface area contributed by atoms with Crippen molar-refractivity contribution in [3.63, 3.8) is 0 Å². The number of aromatic nitrogens is 4. The molecular weight excluding hydrogens is 402 g/mol. The van der Waals surface area contributed by atoms with Gasteiger partial charge in [-0.3, -0.25) is 19.0 Å². The molecule has 1 atom stereocenters. The van der Waals surface area contributed by atoms with Gasteiger partial charge < -0.3 is 0 Å². The number of rotatable bonds is 4. The molecule has 32 heavy (non-hydrogen) atoms. The predicted molar refractivity (Wildman–Crippen MR) is 121 cm³/mol. The number of carbonyl (C=O) groups is 1. The van der Waals surface area contributed by atoms with Crippen LogP contribution in [0.25, 0.3) is 5.65 Å². The van der Waals surface area contributed by atoms with Crippen LogP contribution in [0.4, 0.5) is 0 Å². The summed E-state index contributed by atoms with van der Waals surface area (Å²) in [6, 6.07) is 6.28. The van der Waals surface area contributed by atoms with Gasteiger partial charge in [0.15, 0.2) is 5.65 Å². The highest BCUT2D eigenvalue weighted by Crippen LogP contribution is 2.37. The van der Waals surface area contributed by atoms with Crippen LogP contribution in [0.5, 0.6) is 0 Å². The zero-order valence-corrected chi connectivity index (χ0v) is 19.1. The Bertz CT molecular complexity index is 1120. The summed E-state index contributed by atoms with van der Waals surface area (Å²) >= 11 is 0. The highest BCUT2D eigenvalue weighted by atomic mass is 16.7. The van der Waals surface area contributed by atoms with Gasteiger partial charge in [0.1, 0.15) is 5.82 Å². The van der Waals surface area contributed by atoms with Crippen LogP contribution >= 0.6 is 0 Å². The molecule has 0 bridgehead atoms. The zero-order chi connectivity index (χ0) is 22.2. The number of amides is 1. The van der Waals surface area contributed by atoms with Crippen LogP contribution in [-0.2, 0) is 16.1 Å². The molecule has 3 aromatic rings. The Morgan fingerprint density at radius 1 is 1.09 bits per heavy atom. The van der Waals surface area contributed by atoms with Crippen LogP contribution in [0.15, 0.2) is 30.6 Å². The normalized spacial score (nSPS) is 23.7. The maximum absolute atomic E-state index is 13.3. The van der Waals surface area contributed by atoms with Crippen molar-refractivity contribution in [2.24, 2.45) is 11.8 Å². The van der Waals surface area contributed by atoms with E-state index in [4.69, 9.17) is 4.84 Å². The van der Waals surface area contributed by atoms with Crippen LogP contribution < -0.4 is 0 Å². The van der Waals surface area contributed by atoms with Crippen LogP contribution in [0.1, 0.15) is 66.4 Å². The highest BCUT2D eigenvalue weighted by Gasteiger charge is 2.37. The Morgan fingerprint density at radius 2 is 1.91 bits per heavy atom. The van der Waals surface area contributed by atoms with Crippen molar-refractivity contribution >= 4 is 11.6 Å². The maximum Gasteiger partial charge on any atom is 0.249 e. The number of hydroxylamine groups is 2. The fraction of sp³-hybridized carbons (Fsp3) is 0.520. The van der Waals surface area contributed by atoms with Crippen molar-refractivity contribution in [3.8, 4) is 0 Å². The van der Waals surface area contributed by atoms with Crippen molar-refractivity contribution < 1.29 is 9.63 Å². The van der Waals surface area contributed by atoms with E-state index >= 15 is 0 Å². The number of carbonyl (C=O) groups excluding carboxylic acids is 1. The van der Waals surface area contributed by atoms with Gasteiger partial charge >= 0.3 is 0 Å². The lowest BCUT2D eigenvalue weighted by atomic mass is 9.79. The van der Waals surface area contributed by atoms with Crippen molar-refractivity contribution in [3.05, 3.63) is 58.8 Å². The summed E-state index contributed by atoms with van der Waals surface area (Å²) in [5.74, 6) is 1.71. The first-order valence-corrected chi connectivity index (χ1v) is 11.7. The van der Waals surface area contributed by atoms with Crippen molar-refractivity contribution in [1.82, 2.24) is 24.6 Å². The van der Waals surface area contributed by atoms with Gasteiger partial charge in [-0.15, -0.1) is 10.2 Å². The fourth-order valence-corrected chi connectivity index (χ4v) is 5.24. The average Bonchev–Trinajstić information content (AvgIpc) is 3.42. The Morgan fingerprint density at radius 3 is 2.66 bits per heavy atom. The smallest absolute Gasteiger partial charge is 0.249 e. The van der Waals surface area contributed by atoms with Crippen LogP contribution in [0, 0.1) is 32.6 Å². The van der Waals surface area contributed by atoms with Crippen molar-refractivity contribution in [2.75, 3.05) is 6.61 Å². The summed E-state index contributed by atoms with van der Waals surface area (Å²) in [5, 5.41) is 10.1. The predicted octanol–water partition coefficient (Wildman–Crippen LogP) is 4.30. The minimum atomic E-state index is -0.0185. The quantitative estimate of drug-likeness (QED) is 0.613. The molecular formula is C25H31N5O2. The van der Waals surface area contributed by atoms with Gasteiger partial charge in [0.25, 0.3) is 0 Å². The minimum Gasteiger partial charge on any atom is -0.286 e. The first kappa shape index (κ1) is 21.1. The maximum atomic E-state index is 13.3. The van der Waals surface area contributed by atoms with E-state index in [0.717, 1.165) is 66.8 Å². The molecule has 1 saturated heterocycles. The summed E-state index contributed by atoms with van der Waals surface area (Å²) in [4.78, 5) is 23.5. The molecule has 5 rings (SSSR count). The van der Waals surface area contributed by atoms with E-state index in [2.05, 4.69) is 44.8 Å². The monoisotopic (exact) mass is 433 g/mol. The van der Waals surface area contributed by atoms with E-state index in [0.29, 0.717) is 12.5 Å². The molecule has 1 aliphatic carbocycles. The Balaban J connectivity index is 1.21. The minimum absolute atomic E-state index is 0.0185. The van der Waals surface area contributed by atoms with Crippen molar-refractivity contribution in [1.29, 1.82) is 0 Å². The summed E-state index contributed by atoms with van der Waals surface area (Å²) in [5.41, 5.74) is 5.46. The first-order valence-electron chi connectivity index (χ1n) is 11.7. The van der Waals surface area contributed by atoms with Gasteiger partial charge in [-0.25, -0.2) is 5.06 Å². The number of fused-ring (bicyclic) bond motifs is 1. The molecule has 0 aromatic carbocycles. The second kappa shape index (κ2) is 8.62. The second-order valence-electron chi connectivity index (χ2n) is 9.43. The van der Waals surface area contributed by atoms with Crippen molar-refractivity contribution in [2.45, 2.75) is 65.3 Å². The highest BCUT2D eigenvalue weighted by molar-refractivity contribution is 5.78. The average molecular weight is 434 g/mol. The third-order valence-corrected chi connectivity index (χ3v) is 7.08. The topological polar surface area (TPSA) is 72.6 Å². The van der Waals surface area contributed by atoms with Gasteiger partial charge in [-0.05, 0) is 81.5 Å². The summed E-state index contributed by atoms with van der Waals surface area (Å²) < 4.78 is 2.09. The molecule has 2 aliphatic rings. The Hall–Kier alpha value is -2.80. The molecule has 0 N–H and O–H groups in total. The molecule has 1 amide bonds. The van der Waals surface area contributed by atoms with E-state index in [1.807, 2.05) is 26.1 Å². The van der Waals surface area contributed by atoms with Crippen LogP contribution in [0.3, 0.4) is 0 Å².